The lowest BCUT2D eigenvalue weighted by atomic mass is 9.74. The van der Waals surface area contributed by atoms with Crippen LogP contribution in [0.1, 0.15) is 93.8 Å². The van der Waals surface area contributed by atoms with Crippen molar-refractivity contribution in [1.29, 1.82) is 0 Å². The Bertz CT molecular complexity index is 574. The van der Waals surface area contributed by atoms with Gasteiger partial charge in [-0.2, -0.15) is 0 Å². The first-order chi connectivity index (χ1) is 11.0. The summed E-state index contributed by atoms with van der Waals surface area (Å²) in [5.41, 5.74) is 0.960. The molecule has 3 aliphatic rings. The summed E-state index contributed by atoms with van der Waals surface area (Å²) in [5.74, 6) is 1.53. The molecular formula is C19H28N2O2. The van der Waals surface area contributed by atoms with Crippen molar-refractivity contribution in [1.82, 2.24) is 10.1 Å². The molecule has 1 heterocycles. The molecule has 0 N–H and O–H groups in total. The van der Waals surface area contributed by atoms with Gasteiger partial charge in [-0.1, -0.05) is 19.0 Å². The second-order valence-electron chi connectivity index (χ2n) is 8.58. The first-order valence-corrected chi connectivity index (χ1v) is 9.33. The maximum Gasteiger partial charge on any atom is 0.276 e. The lowest BCUT2D eigenvalue weighted by Gasteiger charge is -2.46. The largest absolute Gasteiger partial charge is 0.360 e. The second-order valence-corrected chi connectivity index (χ2v) is 8.58. The van der Waals surface area contributed by atoms with Crippen LogP contribution in [0.2, 0.25) is 0 Å². The van der Waals surface area contributed by atoms with E-state index in [9.17, 15) is 4.79 Å². The molecule has 0 saturated heterocycles. The van der Waals surface area contributed by atoms with Gasteiger partial charge >= 0.3 is 0 Å². The molecular weight excluding hydrogens is 288 g/mol. The first-order valence-electron chi connectivity index (χ1n) is 9.33. The minimum absolute atomic E-state index is 0.107. The molecule has 0 bridgehead atoms. The molecule has 4 nitrogen and oxygen atoms in total. The van der Waals surface area contributed by atoms with Gasteiger partial charge in [0.1, 0.15) is 5.76 Å². The molecule has 1 amide bonds. The van der Waals surface area contributed by atoms with Crippen molar-refractivity contribution in [3.05, 3.63) is 17.5 Å². The average molecular weight is 316 g/mol. The number of rotatable bonds is 4. The molecule has 0 aromatic carbocycles. The lowest BCUT2D eigenvalue weighted by Crippen LogP contribution is -2.51. The van der Waals surface area contributed by atoms with Crippen LogP contribution < -0.4 is 0 Å². The fourth-order valence-corrected chi connectivity index (χ4v) is 4.04. The lowest BCUT2D eigenvalue weighted by molar-refractivity contribution is 0.0271. The van der Waals surface area contributed by atoms with Crippen molar-refractivity contribution in [2.24, 2.45) is 5.41 Å². The van der Waals surface area contributed by atoms with E-state index < -0.39 is 0 Å². The summed E-state index contributed by atoms with van der Waals surface area (Å²) in [5, 5.41) is 4.10. The van der Waals surface area contributed by atoms with E-state index in [4.69, 9.17) is 4.52 Å². The van der Waals surface area contributed by atoms with E-state index in [1.165, 1.54) is 32.1 Å². The summed E-state index contributed by atoms with van der Waals surface area (Å²) in [4.78, 5) is 15.3. The standard InChI is InChI=1S/C19H28N2O2/c1-19(2)10-8-15(9-11-19)21(14-4-3-5-14)18(22)16-12-17(23-20-16)13-6-7-13/h12-15H,3-11H2,1-2H3. The molecule has 3 saturated carbocycles. The molecule has 1 aromatic heterocycles. The van der Waals surface area contributed by atoms with E-state index in [0.717, 1.165) is 31.4 Å². The van der Waals surface area contributed by atoms with E-state index in [1.54, 1.807) is 0 Å². The minimum atomic E-state index is 0.107. The Labute approximate surface area is 138 Å². The number of hydrogen-bond acceptors (Lipinski definition) is 3. The zero-order valence-corrected chi connectivity index (χ0v) is 14.4. The number of carbonyl (C=O) groups excluding carboxylic acids is 1. The van der Waals surface area contributed by atoms with Crippen molar-refractivity contribution in [3.8, 4) is 0 Å². The quantitative estimate of drug-likeness (QED) is 0.820. The molecule has 3 fully saturated rings. The summed E-state index contributed by atoms with van der Waals surface area (Å²) in [6, 6.07) is 2.72. The fourth-order valence-electron chi connectivity index (χ4n) is 4.04. The monoisotopic (exact) mass is 316 g/mol. The number of carbonyl (C=O) groups is 1. The highest BCUT2D eigenvalue weighted by Gasteiger charge is 2.39. The molecule has 3 aliphatic carbocycles. The van der Waals surface area contributed by atoms with Crippen molar-refractivity contribution in [2.45, 2.75) is 89.6 Å². The first kappa shape index (κ1) is 15.2. The van der Waals surface area contributed by atoms with E-state index >= 15 is 0 Å². The number of amides is 1. The Morgan fingerprint density at radius 3 is 2.35 bits per heavy atom. The molecule has 0 unspecified atom stereocenters. The zero-order chi connectivity index (χ0) is 16.0. The van der Waals surface area contributed by atoms with Gasteiger partial charge in [-0.05, 0) is 63.2 Å². The van der Waals surface area contributed by atoms with Crippen LogP contribution in [-0.2, 0) is 0 Å². The molecule has 23 heavy (non-hydrogen) atoms. The van der Waals surface area contributed by atoms with Gasteiger partial charge in [0, 0.05) is 24.1 Å². The van der Waals surface area contributed by atoms with Gasteiger partial charge in [-0.25, -0.2) is 0 Å². The summed E-state index contributed by atoms with van der Waals surface area (Å²) < 4.78 is 5.41. The van der Waals surface area contributed by atoms with Gasteiger partial charge < -0.3 is 9.42 Å². The predicted octanol–water partition coefficient (Wildman–Crippen LogP) is 4.52. The van der Waals surface area contributed by atoms with Crippen molar-refractivity contribution >= 4 is 5.91 Å². The Morgan fingerprint density at radius 1 is 1.13 bits per heavy atom. The molecule has 4 rings (SSSR count). The number of aromatic nitrogens is 1. The summed E-state index contributed by atoms with van der Waals surface area (Å²) in [7, 11) is 0. The van der Waals surface area contributed by atoms with Crippen LogP contribution >= 0.6 is 0 Å². The Morgan fingerprint density at radius 2 is 1.78 bits per heavy atom. The van der Waals surface area contributed by atoms with Gasteiger partial charge in [0.05, 0.1) is 0 Å². The van der Waals surface area contributed by atoms with E-state index in [0.29, 0.717) is 29.1 Å². The maximum atomic E-state index is 13.1. The summed E-state index contributed by atoms with van der Waals surface area (Å²) in [6.45, 7) is 4.69. The SMILES string of the molecule is CC1(C)CCC(N(C(=O)c2cc(C3CC3)on2)C2CCC2)CC1. The van der Waals surface area contributed by atoms with Crippen molar-refractivity contribution in [2.75, 3.05) is 0 Å². The highest BCUT2D eigenvalue weighted by atomic mass is 16.5. The Balaban J connectivity index is 1.51. The molecule has 126 valence electrons. The predicted molar refractivity (Wildman–Crippen MR) is 88.3 cm³/mol. The van der Waals surface area contributed by atoms with Gasteiger partial charge in [-0.15, -0.1) is 0 Å². The van der Waals surface area contributed by atoms with Crippen LogP contribution in [0.5, 0.6) is 0 Å². The normalized spacial score (nSPS) is 25.1. The third-order valence-corrected chi connectivity index (χ3v) is 6.13. The number of hydrogen-bond donors (Lipinski definition) is 0. The topological polar surface area (TPSA) is 46.3 Å². The van der Waals surface area contributed by atoms with Crippen LogP contribution in [-0.4, -0.2) is 28.0 Å². The van der Waals surface area contributed by atoms with Crippen LogP contribution in [0.25, 0.3) is 0 Å². The Kier molecular flexibility index (Phi) is 3.73. The molecule has 0 spiro atoms. The molecule has 0 radical (unpaired) electrons. The van der Waals surface area contributed by atoms with Crippen molar-refractivity contribution < 1.29 is 9.32 Å². The van der Waals surface area contributed by atoms with Gasteiger partial charge in [0.15, 0.2) is 5.69 Å². The smallest absolute Gasteiger partial charge is 0.276 e. The highest BCUT2D eigenvalue weighted by Crippen LogP contribution is 2.42. The minimum Gasteiger partial charge on any atom is -0.360 e. The summed E-state index contributed by atoms with van der Waals surface area (Å²) in [6.07, 6.45) is 10.6. The van der Waals surface area contributed by atoms with Crippen LogP contribution in [0.3, 0.4) is 0 Å². The number of nitrogens with zero attached hydrogens (tertiary/aromatic N) is 2. The Hall–Kier alpha value is -1.32. The fraction of sp³-hybridized carbons (Fsp3) is 0.789. The summed E-state index contributed by atoms with van der Waals surface area (Å²) >= 11 is 0. The van der Waals surface area contributed by atoms with Gasteiger partial charge in [-0.3, -0.25) is 4.79 Å². The maximum absolute atomic E-state index is 13.1. The molecule has 0 aliphatic heterocycles. The van der Waals surface area contributed by atoms with Crippen LogP contribution in [0.4, 0.5) is 0 Å². The molecule has 4 heteroatoms. The van der Waals surface area contributed by atoms with Gasteiger partial charge in [0.2, 0.25) is 0 Å². The van der Waals surface area contributed by atoms with Crippen molar-refractivity contribution in [3.63, 3.8) is 0 Å². The molecule has 1 aromatic rings. The molecule has 0 atom stereocenters. The second kappa shape index (κ2) is 5.64. The third-order valence-electron chi connectivity index (χ3n) is 6.13. The van der Waals surface area contributed by atoms with Crippen LogP contribution in [0, 0.1) is 5.41 Å². The van der Waals surface area contributed by atoms with Gasteiger partial charge in [0.25, 0.3) is 5.91 Å². The average Bonchev–Trinajstić information content (AvgIpc) is 3.20. The van der Waals surface area contributed by atoms with E-state index in [-0.39, 0.29) is 5.91 Å². The zero-order valence-electron chi connectivity index (χ0n) is 14.4. The highest BCUT2D eigenvalue weighted by molar-refractivity contribution is 5.92. The van der Waals surface area contributed by atoms with E-state index in [2.05, 4.69) is 23.9 Å². The van der Waals surface area contributed by atoms with Crippen LogP contribution in [0.15, 0.2) is 10.6 Å². The third kappa shape index (κ3) is 3.05. The van der Waals surface area contributed by atoms with E-state index in [1.807, 2.05) is 6.07 Å².